The number of H-pyrrole nitrogens is 2. The lowest BCUT2D eigenvalue weighted by molar-refractivity contribution is 0.0790. The van der Waals surface area contributed by atoms with E-state index in [1.807, 2.05) is 0 Å². The van der Waals surface area contributed by atoms with Crippen molar-refractivity contribution >= 4 is 5.91 Å². The lowest BCUT2D eigenvalue weighted by atomic mass is 10.1. The van der Waals surface area contributed by atoms with E-state index in [4.69, 9.17) is 0 Å². The van der Waals surface area contributed by atoms with Crippen molar-refractivity contribution in [1.82, 2.24) is 24.8 Å². The first-order valence-electron chi connectivity index (χ1n) is 8.60. The standard InChI is InChI=1S/C19H17N5O3/c25-16-9-15(14-4-2-7-21-18(14)26)22-17(23-16)13-5-8-24(11-13)19(27)12-3-1-6-20-10-12/h1-4,6-7,9-10,13H,5,8,11H2,(H,21,26)(H,22,23,25). The van der Waals surface area contributed by atoms with Crippen LogP contribution < -0.4 is 11.1 Å². The molecule has 3 aromatic heterocycles. The molecule has 1 aliphatic rings. The van der Waals surface area contributed by atoms with E-state index in [0.29, 0.717) is 42.2 Å². The predicted molar refractivity (Wildman–Crippen MR) is 98.4 cm³/mol. The second kappa shape index (κ2) is 6.99. The maximum atomic E-state index is 12.6. The molecule has 1 saturated heterocycles. The molecule has 27 heavy (non-hydrogen) atoms. The number of nitrogens with one attached hydrogen (secondary N) is 2. The number of aromatic nitrogens is 4. The number of aromatic amines is 2. The van der Waals surface area contributed by atoms with Crippen molar-refractivity contribution in [2.24, 2.45) is 0 Å². The first-order chi connectivity index (χ1) is 13.1. The highest BCUT2D eigenvalue weighted by Crippen LogP contribution is 2.26. The third-order valence-electron chi connectivity index (χ3n) is 4.62. The number of amides is 1. The molecule has 0 spiro atoms. The van der Waals surface area contributed by atoms with E-state index in [1.165, 1.54) is 18.5 Å². The zero-order valence-electron chi connectivity index (χ0n) is 14.4. The number of likely N-dealkylation sites (tertiary alicyclic amines) is 1. The molecule has 3 aromatic rings. The van der Waals surface area contributed by atoms with Crippen molar-refractivity contribution in [2.75, 3.05) is 13.1 Å². The maximum Gasteiger partial charge on any atom is 0.257 e. The molecule has 0 bridgehead atoms. The Kier molecular flexibility index (Phi) is 4.37. The summed E-state index contributed by atoms with van der Waals surface area (Å²) in [6.07, 6.45) is 5.37. The summed E-state index contributed by atoms with van der Waals surface area (Å²) >= 11 is 0. The second-order valence-corrected chi connectivity index (χ2v) is 6.41. The van der Waals surface area contributed by atoms with Crippen LogP contribution in [0, 0.1) is 0 Å². The average molecular weight is 363 g/mol. The molecule has 8 nitrogen and oxygen atoms in total. The molecule has 1 fully saturated rings. The zero-order chi connectivity index (χ0) is 18.8. The molecule has 0 radical (unpaired) electrons. The van der Waals surface area contributed by atoms with Crippen LogP contribution >= 0.6 is 0 Å². The molecule has 4 heterocycles. The van der Waals surface area contributed by atoms with Gasteiger partial charge >= 0.3 is 0 Å². The Morgan fingerprint density at radius 3 is 2.89 bits per heavy atom. The van der Waals surface area contributed by atoms with Crippen LogP contribution in [0.3, 0.4) is 0 Å². The van der Waals surface area contributed by atoms with Crippen LogP contribution in [0.25, 0.3) is 11.3 Å². The summed E-state index contributed by atoms with van der Waals surface area (Å²) in [6.45, 7) is 1.02. The fourth-order valence-electron chi connectivity index (χ4n) is 3.27. The van der Waals surface area contributed by atoms with Gasteiger partial charge < -0.3 is 14.9 Å². The lowest BCUT2D eigenvalue weighted by Gasteiger charge is -2.16. The third kappa shape index (κ3) is 3.41. The number of hydrogen-bond donors (Lipinski definition) is 2. The van der Waals surface area contributed by atoms with E-state index in [9.17, 15) is 14.4 Å². The minimum absolute atomic E-state index is 0.0939. The Morgan fingerprint density at radius 1 is 1.22 bits per heavy atom. The number of carbonyl (C=O) groups is 1. The van der Waals surface area contributed by atoms with Crippen LogP contribution in [0.15, 0.2) is 58.5 Å². The van der Waals surface area contributed by atoms with Gasteiger partial charge in [-0.1, -0.05) is 0 Å². The topological polar surface area (TPSA) is 112 Å². The average Bonchev–Trinajstić information content (AvgIpc) is 3.18. The Morgan fingerprint density at radius 2 is 2.11 bits per heavy atom. The van der Waals surface area contributed by atoms with Gasteiger partial charge in [-0.25, -0.2) is 4.98 Å². The first-order valence-corrected chi connectivity index (χ1v) is 8.60. The minimum atomic E-state index is -0.324. The van der Waals surface area contributed by atoms with Gasteiger partial charge in [0, 0.05) is 43.7 Å². The molecule has 136 valence electrons. The highest BCUT2D eigenvalue weighted by Gasteiger charge is 2.30. The largest absolute Gasteiger partial charge is 0.338 e. The van der Waals surface area contributed by atoms with Gasteiger partial charge in [0.2, 0.25) is 0 Å². The summed E-state index contributed by atoms with van der Waals surface area (Å²) in [5, 5.41) is 0. The zero-order valence-corrected chi connectivity index (χ0v) is 14.4. The number of rotatable bonds is 3. The Labute approximate surface area is 153 Å². The van der Waals surface area contributed by atoms with Gasteiger partial charge in [0.25, 0.3) is 17.0 Å². The SMILES string of the molecule is O=C(c1cccnc1)N1CCC(c2nc(-c3ccc[nH]c3=O)cc(=O)[nH]2)C1. The van der Waals surface area contributed by atoms with Crippen LogP contribution in [0.4, 0.5) is 0 Å². The van der Waals surface area contributed by atoms with Crippen LogP contribution in [0.2, 0.25) is 0 Å². The smallest absolute Gasteiger partial charge is 0.257 e. The number of nitrogens with zero attached hydrogens (tertiary/aromatic N) is 3. The molecule has 2 N–H and O–H groups in total. The molecule has 1 amide bonds. The van der Waals surface area contributed by atoms with Gasteiger partial charge in [-0.2, -0.15) is 0 Å². The van der Waals surface area contributed by atoms with E-state index < -0.39 is 0 Å². The summed E-state index contributed by atoms with van der Waals surface area (Å²) in [5.41, 5.74) is 0.569. The van der Waals surface area contributed by atoms with Gasteiger partial charge in [0.15, 0.2) is 0 Å². The van der Waals surface area contributed by atoms with Crippen LogP contribution in [-0.2, 0) is 0 Å². The molecule has 0 saturated carbocycles. The molecule has 8 heteroatoms. The molecular weight excluding hydrogens is 346 g/mol. The van der Waals surface area contributed by atoms with Crippen molar-refractivity contribution in [3.05, 3.63) is 81.0 Å². The minimum Gasteiger partial charge on any atom is -0.338 e. The molecule has 1 aliphatic heterocycles. The molecule has 4 rings (SSSR count). The predicted octanol–water partition coefficient (Wildman–Crippen LogP) is 1.15. The van der Waals surface area contributed by atoms with Gasteiger partial charge in [0.1, 0.15) is 5.82 Å². The highest BCUT2D eigenvalue weighted by molar-refractivity contribution is 5.94. The van der Waals surface area contributed by atoms with Crippen molar-refractivity contribution < 1.29 is 4.79 Å². The fourth-order valence-corrected chi connectivity index (χ4v) is 3.27. The van der Waals surface area contributed by atoms with E-state index in [1.54, 1.807) is 35.4 Å². The first kappa shape index (κ1) is 16.9. The van der Waals surface area contributed by atoms with Gasteiger partial charge in [-0.3, -0.25) is 19.4 Å². The van der Waals surface area contributed by atoms with Gasteiger partial charge in [-0.05, 0) is 30.7 Å². The van der Waals surface area contributed by atoms with E-state index in [2.05, 4.69) is 19.9 Å². The van der Waals surface area contributed by atoms with Crippen LogP contribution in [0.5, 0.6) is 0 Å². The second-order valence-electron chi connectivity index (χ2n) is 6.41. The van der Waals surface area contributed by atoms with Crippen molar-refractivity contribution in [2.45, 2.75) is 12.3 Å². The van der Waals surface area contributed by atoms with Crippen molar-refractivity contribution in [3.63, 3.8) is 0 Å². The molecule has 1 atom stereocenters. The van der Waals surface area contributed by atoms with Crippen molar-refractivity contribution in [1.29, 1.82) is 0 Å². The molecule has 0 aromatic carbocycles. The molecular formula is C19H17N5O3. The summed E-state index contributed by atoms with van der Waals surface area (Å²) < 4.78 is 0. The highest BCUT2D eigenvalue weighted by atomic mass is 16.2. The molecule has 0 aliphatic carbocycles. The summed E-state index contributed by atoms with van der Waals surface area (Å²) in [5.74, 6) is 0.298. The quantitative estimate of drug-likeness (QED) is 0.725. The maximum absolute atomic E-state index is 12.6. The molecule has 1 unspecified atom stereocenters. The number of carbonyl (C=O) groups excluding carboxylic acids is 1. The summed E-state index contributed by atoms with van der Waals surface area (Å²) in [6, 6.07) is 8.06. The summed E-state index contributed by atoms with van der Waals surface area (Å²) in [4.78, 5) is 52.2. The number of pyridine rings is 2. The van der Waals surface area contributed by atoms with Gasteiger partial charge in [-0.15, -0.1) is 0 Å². The fraction of sp³-hybridized carbons (Fsp3) is 0.211. The lowest BCUT2D eigenvalue weighted by Crippen LogP contribution is -2.29. The van der Waals surface area contributed by atoms with Crippen LogP contribution in [-0.4, -0.2) is 43.8 Å². The van der Waals surface area contributed by atoms with E-state index in [0.717, 1.165) is 0 Å². The summed E-state index contributed by atoms with van der Waals surface area (Å²) in [7, 11) is 0. The van der Waals surface area contributed by atoms with E-state index >= 15 is 0 Å². The Balaban J connectivity index is 1.60. The van der Waals surface area contributed by atoms with Crippen LogP contribution in [0.1, 0.15) is 28.5 Å². The van der Waals surface area contributed by atoms with Crippen molar-refractivity contribution in [3.8, 4) is 11.3 Å². The Bertz CT molecular complexity index is 1090. The third-order valence-corrected chi connectivity index (χ3v) is 4.62. The normalized spacial score (nSPS) is 16.4. The van der Waals surface area contributed by atoms with E-state index in [-0.39, 0.29) is 22.9 Å². The Hall–Kier alpha value is -3.55. The van der Waals surface area contributed by atoms with Gasteiger partial charge in [0.05, 0.1) is 16.8 Å². The number of hydrogen-bond acceptors (Lipinski definition) is 5. The monoisotopic (exact) mass is 363 g/mol.